The smallest absolute Gasteiger partial charge is 0.344 e. The van der Waals surface area contributed by atoms with E-state index in [-0.39, 0.29) is 0 Å². The highest BCUT2D eigenvalue weighted by Crippen LogP contribution is 2.28. The van der Waals surface area contributed by atoms with Gasteiger partial charge in [-0.1, -0.05) is 50.1 Å². The molecule has 0 aliphatic carbocycles. The van der Waals surface area contributed by atoms with Crippen LogP contribution < -0.4 is 11.3 Å². The predicted molar refractivity (Wildman–Crippen MR) is 125 cm³/mol. The Morgan fingerprint density at radius 1 is 0.567 bits per heavy atom. The van der Waals surface area contributed by atoms with Crippen molar-refractivity contribution in [3.05, 3.63) is 103 Å². The number of fused-ring (bicyclic) bond motifs is 2. The van der Waals surface area contributed by atoms with E-state index >= 15 is 0 Å². The van der Waals surface area contributed by atoms with Crippen molar-refractivity contribution in [2.45, 2.75) is 0 Å². The highest BCUT2D eigenvalue weighted by Gasteiger charge is 2.12. The maximum absolute atomic E-state index is 12.6. The molecule has 0 bridgehead atoms. The zero-order valence-corrected chi connectivity index (χ0v) is 18.5. The summed E-state index contributed by atoms with van der Waals surface area (Å²) in [5.41, 5.74) is 2.35. The average Bonchev–Trinajstić information content (AvgIpc) is 2.73. The van der Waals surface area contributed by atoms with Crippen LogP contribution in [0.15, 0.2) is 100 Å². The first-order valence-corrected chi connectivity index (χ1v) is 10.6. The fourth-order valence-electron chi connectivity index (χ4n) is 3.45. The number of hydrogen-bond donors (Lipinski definition) is 0. The fourth-order valence-corrected chi connectivity index (χ4v) is 4.20. The molecule has 0 atom stereocenters. The van der Waals surface area contributed by atoms with E-state index in [9.17, 15) is 9.59 Å². The van der Waals surface area contributed by atoms with Crippen molar-refractivity contribution in [2.24, 2.45) is 0 Å². The summed E-state index contributed by atoms with van der Waals surface area (Å²) in [5, 5.41) is 1.61. The molecule has 146 valence electrons. The Balaban J connectivity index is 1.68. The summed E-state index contributed by atoms with van der Waals surface area (Å²) in [6, 6.07) is 21.8. The molecule has 0 N–H and O–H groups in total. The van der Waals surface area contributed by atoms with Crippen LogP contribution in [-0.4, -0.2) is 0 Å². The first kappa shape index (κ1) is 19.0. The summed E-state index contributed by atoms with van der Waals surface area (Å²) < 4.78 is 12.7. The summed E-state index contributed by atoms with van der Waals surface area (Å²) in [5.74, 6) is 0. The summed E-state index contributed by atoms with van der Waals surface area (Å²) >= 11 is 6.88. The summed E-state index contributed by atoms with van der Waals surface area (Å²) in [6.45, 7) is 0. The van der Waals surface area contributed by atoms with Crippen LogP contribution >= 0.6 is 31.9 Å². The molecule has 3 aromatic carbocycles. The fraction of sp³-hybridized carbons (Fsp3) is 0. The molecule has 5 rings (SSSR count). The molecule has 0 fully saturated rings. The Bertz CT molecular complexity index is 1450. The quantitative estimate of drug-likeness (QED) is 0.240. The molecule has 0 saturated carbocycles. The van der Waals surface area contributed by atoms with Gasteiger partial charge in [-0.25, -0.2) is 9.59 Å². The topological polar surface area (TPSA) is 60.4 Å². The van der Waals surface area contributed by atoms with Gasteiger partial charge in [0, 0.05) is 19.7 Å². The third kappa shape index (κ3) is 3.42. The maximum atomic E-state index is 12.6. The number of benzene rings is 3. The van der Waals surface area contributed by atoms with Crippen LogP contribution in [0.3, 0.4) is 0 Å². The van der Waals surface area contributed by atoms with Crippen molar-refractivity contribution in [2.75, 3.05) is 0 Å². The first-order chi connectivity index (χ1) is 14.5. The van der Waals surface area contributed by atoms with Gasteiger partial charge in [0.25, 0.3) is 0 Å². The van der Waals surface area contributed by atoms with Crippen LogP contribution in [0.5, 0.6) is 0 Å². The van der Waals surface area contributed by atoms with Crippen molar-refractivity contribution in [3.63, 3.8) is 0 Å². The largest absolute Gasteiger partial charge is 0.422 e. The normalized spacial score (nSPS) is 11.3. The molecule has 0 aliphatic rings. The van der Waals surface area contributed by atoms with E-state index in [1.165, 1.54) is 0 Å². The van der Waals surface area contributed by atoms with E-state index in [2.05, 4.69) is 31.9 Å². The zero-order chi connectivity index (χ0) is 20.8. The molecule has 2 aromatic heterocycles. The van der Waals surface area contributed by atoms with Gasteiger partial charge in [0.2, 0.25) is 0 Å². The number of halogens is 2. The third-order valence-electron chi connectivity index (χ3n) is 4.87. The van der Waals surface area contributed by atoms with Crippen LogP contribution in [0.2, 0.25) is 0 Å². The van der Waals surface area contributed by atoms with Crippen LogP contribution in [0.4, 0.5) is 0 Å². The van der Waals surface area contributed by atoms with Gasteiger partial charge in [0.05, 0.1) is 11.1 Å². The van der Waals surface area contributed by atoms with E-state index in [1.54, 1.807) is 36.4 Å². The molecule has 4 nitrogen and oxygen atoms in total. The van der Waals surface area contributed by atoms with E-state index < -0.39 is 11.3 Å². The summed E-state index contributed by atoms with van der Waals surface area (Å²) in [7, 11) is 0. The minimum Gasteiger partial charge on any atom is -0.422 e. The highest BCUT2D eigenvalue weighted by atomic mass is 79.9. The molecule has 0 saturated heterocycles. The number of rotatable bonds is 2. The van der Waals surface area contributed by atoms with Gasteiger partial charge in [-0.15, -0.1) is 0 Å². The molecule has 0 radical (unpaired) electrons. The van der Waals surface area contributed by atoms with Gasteiger partial charge in [-0.2, -0.15) is 0 Å². The Morgan fingerprint density at radius 2 is 1.03 bits per heavy atom. The molecule has 0 spiro atoms. The number of hydrogen-bond acceptors (Lipinski definition) is 4. The molecule has 2 heterocycles. The Morgan fingerprint density at radius 3 is 1.50 bits per heavy atom. The van der Waals surface area contributed by atoms with Gasteiger partial charge in [0.1, 0.15) is 11.2 Å². The lowest BCUT2D eigenvalue weighted by atomic mass is 9.99. The van der Waals surface area contributed by atoms with Crippen molar-refractivity contribution in [1.29, 1.82) is 0 Å². The van der Waals surface area contributed by atoms with Gasteiger partial charge in [-0.05, 0) is 65.7 Å². The van der Waals surface area contributed by atoms with Gasteiger partial charge in [-0.3, -0.25) is 0 Å². The van der Waals surface area contributed by atoms with E-state index in [4.69, 9.17) is 8.83 Å². The van der Waals surface area contributed by atoms with E-state index in [0.29, 0.717) is 33.4 Å². The molecular formula is C24H12Br2O4. The minimum atomic E-state index is -0.434. The van der Waals surface area contributed by atoms with E-state index in [1.807, 2.05) is 36.4 Å². The van der Waals surface area contributed by atoms with Crippen molar-refractivity contribution in [3.8, 4) is 22.3 Å². The Kier molecular flexibility index (Phi) is 4.68. The lowest BCUT2D eigenvalue weighted by Crippen LogP contribution is -2.04. The van der Waals surface area contributed by atoms with Crippen LogP contribution in [-0.2, 0) is 0 Å². The maximum Gasteiger partial charge on any atom is 0.344 e. The monoisotopic (exact) mass is 522 g/mol. The Labute approximate surface area is 187 Å². The first-order valence-electron chi connectivity index (χ1n) is 9.05. The molecule has 30 heavy (non-hydrogen) atoms. The molecule has 6 heteroatoms. The molecule has 0 amide bonds. The van der Waals surface area contributed by atoms with Crippen LogP contribution in [0.25, 0.3) is 44.2 Å². The second-order valence-corrected chi connectivity index (χ2v) is 8.67. The SMILES string of the molecule is O=c1oc2ccc(Br)cc2cc1-c1cccc(-c2cc3cc(Br)ccc3oc2=O)c1. The van der Waals surface area contributed by atoms with Crippen LogP contribution in [0, 0.1) is 0 Å². The predicted octanol–water partition coefficient (Wildman–Crippen LogP) is 6.76. The van der Waals surface area contributed by atoms with Crippen LogP contribution in [0.1, 0.15) is 0 Å². The van der Waals surface area contributed by atoms with E-state index in [0.717, 1.165) is 19.7 Å². The van der Waals surface area contributed by atoms with Crippen molar-refractivity contribution in [1.82, 2.24) is 0 Å². The molecule has 0 aliphatic heterocycles. The zero-order valence-electron chi connectivity index (χ0n) is 15.3. The van der Waals surface area contributed by atoms with Crippen molar-refractivity contribution < 1.29 is 8.83 Å². The average molecular weight is 524 g/mol. The van der Waals surface area contributed by atoms with Gasteiger partial charge in [0.15, 0.2) is 0 Å². The Hall–Kier alpha value is -2.96. The summed E-state index contributed by atoms with van der Waals surface area (Å²) in [4.78, 5) is 25.2. The molecule has 0 unspecified atom stereocenters. The third-order valence-corrected chi connectivity index (χ3v) is 5.86. The van der Waals surface area contributed by atoms with Gasteiger partial charge >= 0.3 is 11.3 Å². The van der Waals surface area contributed by atoms with Crippen molar-refractivity contribution >= 4 is 53.8 Å². The minimum absolute atomic E-state index is 0.426. The van der Waals surface area contributed by atoms with Gasteiger partial charge < -0.3 is 8.83 Å². The second-order valence-electron chi connectivity index (χ2n) is 6.84. The highest BCUT2D eigenvalue weighted by molar-refractivity contribution is 9.10. The molecule has 5 aromatic rings. The lowest BCUT2D eigenvalue weighted by molar-refractivity contribution is 0.563. The second kappa shape index (κ2) is 7.38. The molecular weight excluding hydrogens is 512 g/mol. The lowest BCUT2D eigenvalue weighted by Gasteiger charge is -2.07. The standard InChI is InChI=1S/C24H12Br2O4/c25-17-4-6-21-15(9-17)11-19(23(27)29-21)13-2-1-3-14(8-13)20-12-16-10-18(26)5-7-22(16)30-24(20)28/h1-12H. The summed E-state index contributed by atoms with van der Waals surface area (Å²) in [6.07, 6.45) is 0.